The highest BCUT2D eigenvalue weighted by atomic mass is 15.1. The van der Waals surface area contributed by atoms with Gasteiger partial charge in [-0.05, 0) is 19.9 Å². The monoisotopic (exact) mass is 149 g/mol. The van der Waals surface area contributed by atoms with E-state index < -0.39 is 0 Å². The molecule has 0 unspecified atom stereocenters. The van der Waals surface area contributed by atoms with Crippen LogP contribution in [0.2, 0.25) is 0 Å². The molecule has 1 aromatic rings. The highest BCUT2D eigenvalue weighted by Crippen LogP contribution is 2.09. The molecule has 0 fully saturated rings. The summed E-state index contributed by atoms with van der Waals surface area (Å²) in [7, 11) is 0. The molecule has 2 nitrogen and oxygen atoms in total. The van der Waals surface area contributed by atoms with Gasteiger partial charge < -0.3 is 4.90 Å². The third kappa shape index (κ3) is 1.93. The molecule has 0 aliphatic rings. The number of pyridine rings is 1. The molecule has 0 amide bonds. The van der Waals surface area contributed by atoms with Crippen molar-refractivity contribution in [1.29, 1.82) is 0 Å². The van der Waals surface area contributed by atoms with Gasteiger partial charge in [0.25, 0.3) is 0 Å². The maximum atomic E-state index is 3.91. The van der Waals surface area contributed by atoms with Crippen LogP contribution in [0.5, 0.6) is 0 Å². The molecule has 2 heteroatoms. The Balaban J connectivity index is 2.74. The van der Waals surface area contributed by atoms with Gasteiger partial charge in [-0.25, -0.2) is 0 Å². The average Bonchev–Trinajstić information content (AvgIpc) is 2.09. The van der Waals surface area contributed by atoms with Gasteiger partial charge in [-0.3, -0.25) is 4.98 Å². The smallest absolute Gasteiger partial charge is 0.0478 e. The summed E-state index contributed by atoms with van der Waals surface area (Å²) < 4.78 is 0. The van der Waals surface area contributed by atoms with Crippen molar-refractivity contribution in [3.63, 3.8) is 0 Å². The number of rotatable bonds is 3. The Hall–Kier alpha value is -1.05. The maximum Gasteiger partial charge on any atom is 0.0478 e. The minimum absolute atomic E-state index is 1.02. The topological polar surface area (TPSA) is 16.1 Å². The van der Waals surface area contributed by atoms with E-state index in [9.17, 15) is 0 Å². The Kier molecular flexibility index (Phi) is 2.90. The van der Waals surface area contributed by atoms with E-state index in [1.54, 1.807) is 12.4 Å². The molecule has 0 saturated heterocycles. The molecular weight excluding hydrogens is 136 g/mol. The first-order chi connectivity index (χ1) is 5.38. The van der Waals surface area contributed by atoms with Gasteiger partial charge in [0.2, 0.25) is 0 Å². The normalized spacial score (nSPS) is 9.64. The number of hydrogen-bond donors (Lipinski definition) is 0. The minimum atomic E-state index is 1.02. The van der Waals surface area contributed by atoms with Gasteiger partial charge in [0, 0.05) is 37.2 Å². The highest BCUT2D eigenvalue weighted by molar-refractivity contribution is 5.42. The van der Waals surface area contributed by atoms with Crippen LogP contribution in [-0.2, 0) is 0 Å². The Morgan fingerprint density at radius 1 is 1.45 bits per heavy atom. The molecule has 0 bridgehead atoms. The van der Waals surface area contributed by atoms with Gasteiger partial charge in [-0.2, -0.15) is 0 Å². The fourth-order valence-electron chi connectivity index (χ4n) is 1.07. The molecule has 1 heterocycles. The van der Waals surface area contributed by atoms with Gasteiger partial charge in [0.05, 0.1) is 0 Å². The second kappa shape index (κ2) is 3.96. The molecule has 1 radical (unpaired) electrons. The SMILES string of the molecule is CCN(CC)c1[c]cncc1. The van der Waals surface area contributed by atoms with Gasteiger partial charge in [0.1, 0.15) is 0 Å². The summed E-state index contributed by atoms with van der Waals surface area (Å²) in [6.07, 6.45) is 3.50. The van der Waals surface area contributed by atoms with Crippen LogP contribution in [0.25, 0.3) is 0 Å². The van der Waals surface area contributed by atoms with Crippen molar-refractivity contribution >= 4 is 5.69 Å². The van der Waals surface area contributed by atoms with Gasteiger partial charge in [0.15, 0.2) is 0 Å². The van der Waals surface area contributed by atoms with Crippen LogP contribution in [-0.4, -0.2) is 18.1 Å². The fourth-order valence-corrected chi connectivity index (χ4v) is 1.07. The summed E-state index contributed by atoms with van der Waals surface area (Å²) in [4.78, 5) is 6.15. The Morgan fingerprint density at radius 3 is 2.64 bits per heavy atom. The third-order valence-electron chi connectivity index (χ3n) is 1.71. The zero-order valence-electron chi connectivity index (χ0n) is 7.04. The predicted molar refractivity (Wildman–Crippen MR) is 46.6 cm³/mol. The largest absolute Gasteiger partial charge is 0.371 e. The number of hydrogen-bond acceptors (Lipinski definition) is 2. The number of aromatic nitrogens is 1. The maximum absolute atomic E-state index is 3.91. The molecule has 0 spiro atoms. The van der Waals surface area contributed by atoms with Crippen molar-refractivity contribution in [1.82, 2.24) is 4.98 Å². The van der Waals surface area contributed by atoms with E-state index in [-0.39, 0.29) is 0 Å². The van der Waals surface area contributed by atoms with Crippen LogP contribution in [0.1, 0.15) is 13.8 Å². The third-order valence-corrected chi connectivity index (χ3v) is 1.71. The molecular formula is C9H13N2. The summed E-state index contributed by atoms with van der Waals surface area (Å²) in [5, 5.41) is 0. The Labute approximate surface area is 67.9 Å². The summed E-state index contributed by atoms with van der Waals surface area (Å²) in [5.74, 6) is 0. The molecule has 1 rings (SSSR count). The molecule has 0 N–H and O–H groups in total. The molecule has 0 aliphatic heterocycles. The Morgan fingerprint density at radius 2 is 2.18 bits per heavy atom. The zero-order chi connectivity index (χ0) is 8.10. The molecule has 0 saturated carbocycles. The summed E-state index contributed by atoms with van der Waals surface area (Å²) in [6.45, 7) is 6.32. The molecule has 0 aliphatic carbocycles. The van der Waals surface area contributed by atoms with Crippen molar-refractivity contribution in [2.24, 2.45) is 0 Å². The molecule has 59 valence electrons. The van der Waals surface area contributed by atoms with E-state index in [4.69, 9.17) is 0 Å². The zero-order valence-corrected chi connectivity index (χ0v) is 7.04. The predicted octanol–water partition coefficient (Wildman–Crippen LogP) is 1.73. The molecule has 11 heavy (non-hydrogen) atoms. The van der Waals surface area contributed by atoms with Gasteiger partial charge >= 0.3 is 0 Å². The van der Waals surface area contributed by atoms with Crippen molar-refractivity contribution in [2.75, 3.05) is 18.0 Å². The number of nitrogens with zero attached hydrogens (tertiary/aromatic N) is 2. The first-order valence-electron chi connectivity index (χ1n) is 3.95. The van der Waals surface area contributed by atoms with Crippen LogP contribution in [0.4, 0.5) is 5.69 Å². The van der Waals surface area contributed by atoms with E-state index in [2.05, 4.69) is 29.8 Å². The molecule has 1 aromatic heterocycles. The van der Waals surface area contributed by atoms with Crippen LogP contribution < -0.4 is 4.90 Å². The molecule has 0 aromatic carbocycles. The average molecular weight is 149 g/mol. The summed E-state index contributed by atoms with van der Waals surface area (Å²) in [5.41, 5.74) is 1.13. The lowest BCUT2D eigenvalue weighted by Crippen LogP contribution is -2.21. The van der Waals surface area contributed by atoms with E-state index in [1.807, 2.05) is 6.07 Å². The Bertz CT molecular complexity index is 192. The quantitative estimate of drug-likeness (QED) is 0.650. The van der Waals surface area contributed by atoms with Crippen molar-refractivity contribution in [3.05, 3.63) is 24.5 Å². The van der Waals surface area contributed by atoms with E-state index >= 15 is 0 Å². The van der Waals surface area contributed by atoms with E-state index in [0.717, 1.165) is 18.8 Å². The second-order valence-electron chi connectivity index (χ2n) is 2.30. The lowest BCUT2D eigenvalue weighted by atomic mass is 10.3. The first kappa shape index (κ1) is 8.05. The second-order valence-corrected chi connectivity index (χ2v) is 2.30. The van der Waals surface area contributed by atoms with E-state index in [1.165, 1.54) is 0 Å². The lowest BCUT2D eigenvalue weighted by Gasteiger charge is -2.19. The number of anilines is 1. The fraction of sp³-hybridized carbons (Fsp3) is 0.444. The van der Waals surface area contributed by atoms with Crippen molar-refractivity contribution in [3.8, 4) is 0 Å². The van der Waals surface area contributed by atoms with Crippen LogP contribution in [0.3, 0.4) is 0 Å². The van der Waals surface area contributed by atoms with E-state index in [0.29, 0.717) is 0 Å². The van der Waals surface area contributed by atoms with Gasteiger partial charge in [-0.15, -0.1) is 0 Å². The van der Waals surface area contributed by atoms with Crippen LogP contribution >= 0.6 is 0 Å². The standard InChI is InChI=1S/C9H13N2/c1-3-11(4-2)9-5-7-10-8-6-9/h5,7-8H,3-4H2,1-2H3. The molecule has 0 atom stereocenters. The highest BCUT2D eigenvalue weighted by Gasteiger charge is 1.98. The van der Waals surface area contributed by atoms with Crippen molar-refractivity contribution in [2.45, 2.75) is 13.8 Å². The lowest BCUT2D eigenvalue weighted by molar-refractivity contribution is 0.864. The minimum Gasteiger partial charge on any atom is -0.371 e. The summed E-state index contributed by atoms with van der Waals surface area (Å²) >= 11 is 0. The van der Waals surface area contributed by atoms with Crippen LogP contribution in [0, 0.1) is 6.07 Å². The first-order valence-corrected chi connectivity index (χ1v) is 3.95. The summed E-state index contributed by atoms with van der Waals surface area (Å²) in [6, 6.07) is 5.06. The van der Waals surface area contributed by atoms with Crippen molar-refractivity contribution < 1.29 is 0 Å². The van der Waals surface area contributed by atoms with Gasteiger partial charge in [-0.1, -0.05) is 0 Å². The van der Waals surface area contributed by atoms with Crippen LogP contribution in [0.15, 0.2) is 18.5 Å².